The van der Waals surface area contributed by atoms with E-state index in [0.29, 0.717) is 24.7 Å². The van der Waals surface area contributed by atoms with Crippen LogP contribution in [0.4, 0.5) is 0 Å². The zero-order valence-electron chi connectivity index (χ0n) is 12.4. The Morgan fingerprint density at radius 1 is 1.39 bits per heavy atom. The smallest absolute Gasteiger partial charge is 0.249 e. The molecule has 1 unspecified atom stereocenters. The SMILES string of the molecule is Cl.NCC(=O)N1CCCC1c1nc(Cc2ccc(Br)cc2)no1. The fraction of sp³-hybridized carbons (Fsp3) is 0.400. The predicted octanol–water partition coefficient (Wildman–Crippen LogP) is 2.47. The molecule has 1 amide bonds. The summed E-state index contributed by atoms with van der Waals surface area (Å²) in [6, 6.07) is 7.85. The summed E-state index contributed by atoms with van der Waals surface area (Å²) in [7, 11) is 0. The molecule has 1 aromatic heterocycles. The quantitative estimate of drug-likeness (QED) is 0.850. The summed E-state index contributed by atoms with van der Waals surface area (Å²) in [6.45, 7) is 0.710. The number of aromatic nitrogens is 2. The van der Waals surface area contributed by atoms with Gasteiger partial charge in [0.05, 0.1) is 6.54 Å². The molecule has 1 atom stereocenters. The summed E-state index contributed by atoms with van der Waals surface area (Å²) in [6.07, 6.45) is 2.38. The molecule has 2 N–H and O–H groups in total. The molecule has 1 fully saturated rings. The third-order valence-corrected chi connectivity index (χ3v) is 4.32. The third kappa shape index (κ3) is 4.10. The van der Waals surface area contributed by atoms with Crippen LogP contribution in [0.1, 0.15) is 36.2 Å². The lowest BCUT2D eigenvalue weighted by atomic mass is 10.1. The van der Waals surface area contributed by atoms with Crippen LogP contribution >= 0.6 is 28.3 Å². The fourth-order valence-corrected chi connectivity index (χ4v) is 2.96. The molecular formula is C15H18BrClN4O2. The number of hydrogen-bond acceptors (Lipinski definition) is 5. The number of amides is 1. The van der Waals surface area contributed by atoms with Crippen LogP contribution in [0.5, 0.6) is 0 Å². The van der Waals surface area contributed by atoms with E-state index in [1.54, 1.807) is 4.90 Å². The van der Waals surface area contributed by atoms with Crippen molar-refractivity contribution < 1.29 is 9.32 Å². The van der Waals surface area contributed by atoms with Crippen molar-refractivity contribution in [1.29, 1.82) is 0 Å². The second-order valence-corrected chi connectivity index (χ2v) is 6.22. The molecule has 1 aromatic carbocycles. The molecule has 0 radical (unpaired) electrons. The molecule has 1 saturated heterocycles. The standard InChI is InChI=1S/C15H17BrN4O2.ClH/c16-11-5-3-10(4-6-11)8-13-18-15(22-19-13)12-2-1-7-20(12)14(21)9-17;/h3-6,12H,1-2,7-9,17H2;1H. The highest BCUT2D eigenvalue weighted by Gasteiger charge is 2.33. The number of nitrogens with two attached hydrogens (primary N) is 1. The van der Waals surface area contributed by atoms with Gasteiger partial charge in [-0.25, -0.2) is 0 Å². The maximum Gasteiger partial charge on any atom is 0.249 e. The Hall–Kier alpha value is -1.44. The number of benzene rings is 1. The summed E-state index contributed by atoms with van der Waals surface area (Å²) >= 11 is 3.41. The summed E-state index contributed by atoms with van der Waals surface area (Å²) in [5.74, 6) is 1.06. The zero-order valence-corrected chi connectivity index (χ0v) is 14.8. The van der Waals surface area contributed by atoms with E-state index in [4.69, 9.17) is 10.3 Å². The molecule has 1 aliphatic rings. The van der Waals surface area contributed by atoms with Gasteiger partial charge in [0.2, 0.25) is 11.8 Å². The highest BCUT2D eigenvalue weighted by Crippen LogP contribution is 2.30. The first kappa shape index (κ1) is 17.9. The predicted molar refractivity (Wildman–Crippen MR) is 91.2 cm³/mol. The molecular weight excluding hydrogens is 384 g/mol. The largest absolute Gasteiger partial charge is 0.337 e. The van der Waals surface area contributed by atoms with E-state index in [1.165, 1.54) is 0 Å². The Morgan fingerprint density at radius 2 is 2.13 bits per heavy atom. The molecule has 1 aliphatic heterocycles. The second kappa shape index (κ2) is 7.90. The van der Waals surface area contributed by atoms with Crippen molar-refractivity contribution in [3.05, 3.63) is 46.0 Å². The van der Waals surface area contributed by atoms with Crippen LogP contribution < -0.4 is 5.73 Å². The summed E-state index contributed by atoms with van der Waals surface area (Å²) in [4.78, 5) is 18.0. The fourth-order valence-electron chi connectivity index (χ4n) is 2.70. The van der Waals surface area contributed by atoms with Crippen molar-refractivity contribution >= 4 is 34.2 Å². The maximum atomic E-state index is 11.8. The van der Waals surface area contributed by atoms with Crippen LogP contribution in [0.3, 0.4) is 0 Å². The van der Waals surface area contributed by atoms with Crippen molar-refractivity contribution in [2.24, 2.45) is 5.73 Å². The van der Waals surface area contributed by atoms with E-state index in [9.17, 15) is 4.79 Å². The molecule has 23 heavy (non-hydrogen) atoms. The van der Waals surface area contributed by atoms with Crippen LogP contribution in [-0.2, 0) is 11.2 Å². The minimum absolute atomic E-state index is 0. The molecule has 2 aromatic rings. The average Bonchev–Trinajstić information content (AvgIpc) is 3.17. The molecule has 124 valence electrons. The van der Waals surface area contributed by atoms with Crippen molar-refractivity contribution in [3.63, 3.8) is 0 Å². The van der Waals surface area contributed by atoms with Gasteiger partial charge in [0.1, 0.15) is 6.04 Å². The topological polar surface area (TPSA) is 85.3 Å². The van der Waals surface area contributed by atoms with Gasteiger partial charge in [0.25, 0.3) is 0 Å². The average molecular weight is 402 g/mol. The highest BCUT2D eigenvalue weighted by atomic mass is 79.9. The van der Waals surface area contributed by atoms with Crippen LogP contribution in [0.25, 0.3) is 0 Å². The van der Waals surface area contributed by atoms with Gasteiger partial charge >= 0.3 is 0 Å². The monoisotopic (exact) mass is 400 g/mol. The normalized spacial score (nSPS) is 17.1. The first-order valence-corrected chi connectivity index (χ1v) is 8.03. The Labute approximate surface area is 149 Å². The van der Waals surface area contributed by atoms with Crippen molar-refractivity contribution in [3.8, 4) is 0 Å². The molecule has 0 bridgehead atoms. The van der Waals surface area contributed by atoms with E-state index >= 15 is 0 Å². The van der Waals surface area contributed by atoms with Gasteiger partial charge in [-0.2, -0.15) is 4.98 Å². The molecule has 3 rings (SSSR count). The lowest BCUT2D eigenvalue weighted by Gasteiger charge is -2.20. The lowest BCUT2D eigenvalue weighted by molar-refractivity contribution is -0.131. The zero-order chi connectivity index (χ0) is 15.5. The van der Waals surface area contributed by atoms with Gasteiger partial charge in [0, 0.05) is 17.4 Å². The molecule has 8 heteroatoms. The van der Waals surface area contributed by atoms with E-state index in [1.807, 2.05) is 24.3 Å². The Morgan fingerprint density at radius 3 is 2.83 bits per heavy atom. The lowest BCUT2D eigenvalue weighted by Crippen LogP contribution is -2.35. The van der Waals surface area contributed by atoms with Crippen molar-refractivity contribution in [1.82, 2.24) is 15.0 Å². The van der Waals surface area contributed by atoms with Gasteiger partial charge in [-0.15, -0.1) is 12.4 Å². The van der Waals surface area contributed by atoms with E-state index in [-0.39, 0.29) is 30.9 Å². The summed E-state index contributed by atoms with van der Waals surface area (Å²) in [5, 5.41) is 4.03. The van der Waals surface area contributed by atoms with E-state index in [2.05, 4.69) is 26.1 Å². The summed E-state index contributed by atoms with van der Waals surface area (Å²) in [5.41, 5.74) is 6.56. The summed E-state index contributed by atoms with van der Waals surface area (Å²) < 4.78 is 6.40. The minimum Gasteiger partial charge on any atom is -0.337 e. The highest BCUT2D eigenvalue weighted by molar-refractivity contribution is 9.10. The molecule has 0 spiro atoms. The maximum absolute atomic E-state index is 11.8. The number of likely N-dealkylation sites (tertiary alicyclic amines) is 1. The first-order valence-electron chi connectivity index (χ1n) is 7.24. The molecule has 2 heterocycles. The van der Waals surface area contributed by atoms with Gasteiger partial charge in [0.15, 0.2) is 5.82 Å². The Kier molecular flexibility index (Phi) is 6.15. The number of nitrogens with zero attached hydrogens (tertiary/aromatic N) is 3. The molecule has 0 saturated carbocycles. The van der Waals surface area contributed by atoms with Crippen LogP contribution in [0.2, 0.25) is 0 Å². The van der Waals surface area contributed by atoms with Crippen LogP contribution in [0, 0.1) is 0 Å². The number of carbonyl (C=O) groups excluding carboxylic acids is 1. The number of carbonyl (C=O) groups is 1. The van der Waals surface area contributed by atoms with Crippen molar-refractivity contribution in [2.75, 3.05) is 13.1 Å². The Balaban J connectivity index is 0.00000192. The van der Waals surface area contributed by atoms with Gasteiger partial charge in [-0.05, 0) is 30.5 Å². The third-order valence-electron chi connectivity index (χ3n) is 3.79. The van der Waals surface area contributed by atoms with E-state index in [0.717, 1.165) is 22.9 Å². The first-order chi connectivity index (χ1) is 10.7. The van der Waals surface area contributed by atoms with Gasteiger partial charge in [-0.1, -0.05) is 33.2 Å². The minimum atomic E-state index is -0.137. The number of rotatable bonds is 4. The molecule has 0 aliphatic carbocycles. The number of hydrogen-bond donors (Lipinski definition) is 1. The van der Waals surface area contributed by atoms with E-state index < -0.39 is 0 Å². The van der Waals surface area contributed by atoms with Crippen molar-refractivity contribution in [2.45, 2.75) is 25.3 Å². The number of halogens is 2. The van der Waals surface area contributed by atoms with Crippen LogP contribution in [-0.4, -0.2) is 34.0 Å². The molecule has 6 nitrogen and oxygen atoms in total. The van der Waals surface area contributed by atoms with Gasteiger partial charge in [-0.3, -0.25) is 4.79 Å². The second-order valence-electron chi connectivity index (χ2n) is 5.30. The van der Waals surface area contributed by atoms with Crippen LogP contribution in [0.15, 0.2) is 33.3 Å². The Bertz CT molecular complexity index is 662. The van der Waals surface area contributed by atoms with Gasteiger partial charge < -0.3 is 15.2 Å².